The number of hydrogen-bond donors (Lipinski definition) is 1. The molecule has 0 radical (unpaired) electrons. The van der Waals surface area contributed by atoms with Crippen molar-refractivity contribution in [2.24, 2.45) is 17.3 Å². The van der Waals surface area contributed by atoms with Crippen LogP contribution >= 0.6 is 23.1 Å². The van der Waals surface area contributed by atoms with Gasteiger partial charge in [-0.3, -0.25) is 4.79 Å². The van der Waals surface area contributed by atoms with Gasteiger partial charge < -0.3 is 5.11 Å². The van der Waals surface area contributed by atoms with Crippen molar-refractivity contribution in [2.45, 2.75) is 19.6 Å². The van der Waals surface area contributed by atoms with Crippen molar-refractivity contribution in [1.82, 2.24) is 0 Å². The van der Waals surface area contributed by atoms with Gasteiger partial charge in [-0.05, 0) is 28.5 Å². The summed E-state index contributed by atoms with van der Waals surface area (Å²) in [7, 11) is 0. The molecule has 1 aromatic rings. The van der Waals surface area contributed by atoms with Gasteiger partial charge in [0, 0.05) is 10.6 Å². The lowest BCUT2D eigenvalue weighted by atomic mass is 10.1. The highest BCUT2D eigenvalue weighted by molar-refractivity contribution is 7.98. The first-order valence-electron chi connectivity index (χ1n) is 5.36. The van der Waals surface area contributed by atoms with E-state index in [1.165, 1.54) is 4.88 Å². The Bertz CT molecular complexity index is 370. The molecule has 0 aliphatic heterocycles. The van der Waals surface area contributed by atoms with Gasteiger partial charge >= 0.3 is 5.97 Å². The lowest BCUT2D eigenvalue weighted by molar-refractivity contribution is -0.139. The van der Waals surface area contributed by atoms with Crippen LogP contribution in [-0.4, -0.2) is 16.8 Å². The summed E-state index contributed by atoms with van der Waals surface area (Å²) in [6, 6.07) is 4.19. The van der Waals surface area contributed by atoms with Gasteiger partial charge in [0.05, 0.1) is 5.92 Å². The Kier molecular flexibility index (Phi) is 3.31. The highest BCUT2D eigenvalue weighted by Gasteiger charge is 2.61. The fourth-order valence-electron chi connectivity index (χ4n) is 2.23. The van der Waals surface area contributed by atoms with Crippen molar-refractivity contribution in [2.75, 3.05) is 5.75 Å². The fourth-order valence-corrected chi connectivity index (χ4v) is 4.53. The van der Waals surface area contributed by atoms with Crippen molar-refractivity contribution in [3.05, 3.63) is 22.4 Å². The molecule has 1 N–H and O–H groups in total. The third-order valence-electron chi connectivity index (χ3n) is 3.44. The molecule has 1 aromatic heterocycles. The molecule has 1 aliphatic carbocycles. The average Bonchev–Trinajstić information content (AvgIpc) is 2.62. The third kappa shape index (κ3) is 2.28. The lowest BCUT2D eigenvalue weighted by Crippen LogP contribution is -2.03. The van der Waals surface area contributed by atoms with Crippen LogP contribution in [0.4, 0.5) is 0 Å². The number of carbonyl (C=O) groups is 1. The number of aliphatic carboxylic acids is 1. The van der Waals surface area contributed by atoms with E-state index in [0.29, 0.717) is 5.92 Å². The second kappa shape index (κ2) is 4.41. The van der Waals surface area contributed by atoms with Crippen LogP contribution in [0, 0.1) is 17.3 Å². The maximum atomic E-state index is 11.0. The molecule has 0 saturated heterocycles. The second-order valence-electron chi connectivity index (χ2n) is 4.84. The van der Waals surface area contributed by atoms with E-state index in [0.717, 1.165) is 11.5 Å². The topological polar surface area (TPSA) is 37.3 Å². The van der Waals surface area contributed by atoms with E-state index < -0.39 is 5.97 Å². The third-order valence-corrected chi connectivity index (χ3v) is 5.61. The Morgan fingerprint density at radius 3 is 2.88 bits per heavy atom. The van der Waals surface area contributed by atoms with Crippen LogP contribution < -0.4 is 0 Å². The smallest absolute Gasteiger partial charge is 0.307 e. The number of hydrogen-bond acceptors (Lipinski definition) is 3. The van der Waals surface area contributed by atoms with Crippen LogP contribution in [0.25, 0.3) is 0 Å². The molecular formula is C12H16O2S2. The highest BCUT2D eigenvalue weighted by atomic mass is 32.2. The Hall–Kier alpha value is -0.480. The van der Waals surface area contributed by atoms with Gasteiger partial charge in [-0.1, -0.05) is 19.9 Å². The van der Waals surface area contributed by atoms with Crippen LogP contribution in [0.1, 0.15) is 18.7 Å². The van der Waals surface area contributed by atoms with E-state index >= 15 is 0 Å². The van der Waals surface area contributed by atoms with Crippen LogP contribution in [0.5, 0.6) is 0 Å². The van der Waals surface area contributed by atoms with Crippen molar-refractivity contribution >= 4 is 29.1 Å². The highest BCUT2D eigenvalue weighted by Crippen LogP contribution is 2.59. The Morgan fingerprint density at radius 1 is 1.62 bits per heavy atom. The average molecular weight is 256 g/mol. The van der Waals surface area contributed by atoms with Crippen LogP contribution in [-0.2, 0) is 10.5 Å². The van der Waals surface area contributed by atoms with Gasteiger partial charge in [0.15, 0.2) is 0 Å². The maximum Gasteiger partial charge on any atom is 0.307 e. The minimum absolute atomic E-state index is 0.00567. The summed E-state index contributed by atoms with van der Waals surface area (Å²) >= 11 is 3.62. The lowest BCUT2D eigenvalue weighted by Gasteiger charge is -2.01. The molecule has 2 atom stereocenters. The molecule has 1 heterocycles. The summed E-state index contributed by atoms with van der Waals surface area (Å²) in [6.07, 6.45) is 0. The van der Waals surface area contributed by atoms with Gasteiger partial charge in [-0.25, -0.2) is 0 Å². The zero-order valence-electron chi connectivity index (χ0n) is 9.47. The standard InChI is InChI=1S/C12H16O2S2/c1-12(2)9(10(12)11(13)14)7-15-6-8-4-3-5-16-8/h3-5,9-10H,6-7H2,1-2H3,(H,13,14)/t9?,10-/m0/s1. The zero-order valence-corrected chi connectivity index (χ0v) is 11.1. The number of thioether (sulfide) groups is 1. The normalized spacial score (nSPS) is 26.6. The van der Waals surface area contributed by atoms with E-state index in [1.807, 2.05) is 11.8 Å². The zero-order chi connectivity index (χ0) is 11.8. The molecule has 1 unspecified atom stereocenters. The monoisotopic (exact) mass is 256 g/mol. The van der Waals surface area contributed by atoms with Crippen molar-refractivity contribution in [1.29, 1.82) is 0 Å². The molecule has 2 rings (SSSR count). The molecule has 0 aromatic carbocycles. The Morgan fingerprint density at radius 2 is 2.38 bits per heavy atom. The maximum absolute atomic E-state index is 11.0. The van der Waals surface area contributed by atoms with Crippen molar-refractivity contribution in [3.63, 3.8) is 0 Å². The van der Waals surface area contributed by atoms with Crippen molar-refractivity contribution < 1.29 is 9.90 Å². The number of carboxylic acid groups (broad SMARTS) is 1. The van der Waals surface area contributed by atoms with Gasteiger partial charge in [0.2, 0.25) is 0 Å². The molecule has 1 fully saturated rings. The summed E-state index contributed by atoms with van der Waals surface area (Å²) in [4.78, 5) is 12.3. The first-order valence-corrected chi connectivity index (χ1v) is 7.40. The minimum atomic E-state index is -0.633. The molecule has 0 spiro atoms. The van der Waals surface area contributed by atoms with E-state index in [2.05, 4.69) is 31.4 Å². The summed E-state index contributed by atoms with van der Waals surface area (Å²) in [5.41, 5.74) is -0.00567. The molecule has 88 valence electrons. The first kappa shape index (κ1) is 12.0. The van der Waals surface area contributed by atoms with E-state index in [-0.39, 0.29) is 11.3 Å². The van der Waals surface area contributed by atoms with Gasteiger partial charge in [-0.15, -0.1) is 11.3 Å². The summed E-state index contributed by atoms with van der Waals surface area (Å²) < 4.78 is 0. The largest absolute Gasteiger partial charge is 0.481 e. The molecular weight excluding hydrogens is 240 g/mol. The first-order chi connectivity index (χ1) is 7.53. The molecule has 0 bridgehead atoms. The van der Waals surface area contributed by atoms with E-state index in [1.54, 1.807) is 11.3 Å². The van der Waals surface area contributed by atoms with Crippen LogP contribution in [0.15, 0.2) is 17.5 Å². The molecule has 2 nitrogen and oxygen atoms in total. The Balaban J connectivity index is 1.78. The molecule has 16 heavy (non-hydrogen) atoms. The summed E-state index contributed by atoms with van der Waals surface area (Å²) in [5.74, 6) is 1.54. The summed E-state index contributed by atoms with van der Waals surface area (Å²) in [5, 5.41) is 11.1. The SMILES string of the molecule is CC1(C)C(CSCc2cccs2)[C@H]1C(=O)O. The van der Waals surface area contributed by atoms with Crippen LogP contribution in [0.2, 0.25) is 0 Å². The molecule has 0 amide bonds. The Labute approximate surface area is 104 Å². The van der Waals surface area contributed by atoms with E-state index in [9.17, 15) is 4.79 Å². The minimum Gasteiger partial charge on any atom is -0.481 e. The molecule has 1 aliphatic rings. The van der Waals surface area contributed by atoms with Gasteiger partial charge in [0.1, 0.15) is 0 Å². The van der Waals surface area contributed by atoms with Gasteiger partial charge in [0.25, 0.3) is 0 Å². The molecule has 1 saturated carbocycles. The number of carboxylic acids is 1. The van der Waals surface area contributed by atoms with E-state index in [4.69, 9.17) is 5.11 Å². The quantitative estimate of drug-likeness (QED) is 0.878. The van der Waals surface area contributed by atoms with Crippen LogP contribution in [0.3, 0.4) is 0 Å². The second-order valence-corrected chi connectivity index (χ2v) is 6.90. The van der Waals surface area contributed by atoms with Gasteiger partial charge in [-0.2, -0.15) is 11.8 Å². The number of rotatable bonds is 5. The fraction of sp³-hybridized carbons (Fsp3) is 0.583. The molecule has 4 heteroatoms. The van der Waals surface area contributed by atoms with Crippen molar-refractivity contribution in [3.8, 4) is 0 Å². The predicted molar refractivity (Wildman–Crippen MR) is 68.9 cm³/mol. The summed E-state index contributed by atoms with van der Waals surface area (Å²) in [6.45, 7) is 4.12. The predicted octanol–water partition coefficient (Wildman–Crippen LogP) is 3.34. The number of thiophene rings is 1.